The number of urea groups is 1. The first-order valence-corrected chi connectivity index (χ1v) is 6.84. The van der Waals surface area contributed by atoms with Crippen molar-refractivity contribution in [1.29, 1.82) is 0 Å². The highest BCUT2D eigenvalue weighted by atomic mass is 79.9. The molecule has 3 atom stereocenters. The van der Waals surface area contributed by atoms with Crippen LogP contribution in [0, 0.1) is 0 Å². The number of carboxylic acids is 1. The van der Waals surface area contributed by atoms with E-state index < -0.39 is 24.1 Å². The van der Waals surface area contributed by atoms with Crippen molar-refractivity contribution in [3.63, 3.8) is 0 Å². The van der Waals surface area contributed by atoms with Gasteiger partial charge in [0.25, 0.3) is 0 Å². The third kappa shape index (κ3) is 4.82. The highest BCUT2D eigenvalue weighted by Crippen LogP contribution is 2.17. The number of benzene rings is 1. The maximum absolute atomic E-state index is 11.7. The van der Waals surface area contributed by atoms with Crippen molar-refractivity contribution in [3.8, 4) is 0 Å². The van der Waals surface area contributed by atoms with E-state index in [-0.39, 0.29) is 6.04 Å². The number of hydrogen-bond donors (Lipinski definition) is 4. The number of hydrogen-bond acceptors (Lipinski definition) is 3. The van der Waals surface area contributed by atoms with Crippen LogP contribution in [0.15, 0.2) is 28.7 Å². The van der Waals surface area contributed by atoms with Gasteiger partial charge in [-0.3, -0.25) is 0 Å². The third-order valence-electron chi connectivity index (χ3n) is 2.73. The number of nitrogens with one attached hydrogen (secondary N) is 2. The molecule has 3 unspecified atom stereocenters. The zero-order valence-corrected chi connectivity index (χ0v) is 12.7. The number of aliphatic carboxylic acids is 1. The Labute approximate surface area is 125 Å². The van der Waals surface area contributed by atoms with Gasteiger partial charge in [-0.25, -0.2) is 9.59 Å². The van der Waals surface area contributed by atoms with Crippen LogP contribution < -0.4 is 10.6 Å². The van der Waals surface area contributed by atoms with Gasteiger partial charge in [0, 0.05) is 4.47 Å². The van der Waals surface area contributed by atoms with E-state index in [1.165, 1.54) is 6.92 Å². The Bertz CT molecular complexity index is 493. The van der Waals surface area contributed by atoms with E-state index in [0.29, 0.717) is 0 Å². The molecule has 0 aliphatic rings. The Hall–Kier alpha value is -1.60. The van der Waals surface area contributed by atoms with E-state index in [2.05, 4.69) is 26.6 Å². The summed E-state index contributed by atoms with van der Waals surface area (Å²) in [6, 6.07) is 5.12. The van der Waals surface area contributed by atoms with Crippen LogP contribution in [0.25, 0.3) is 0 Å². The average Bonchev–Trinajstić information content (AvgIpc) is 2.35. The van der Waals surface area contributed by atoms with E-state index in [0.717, 1.165) is 10.0 Å². The Morgan fingerprint density at radius 2 is 1.90 bits per heavy atom. The van der Waals surface area contributed by atoms with Crippen LogP contribution in [-0.2, 0) is 4.79 Å². The smallest absolute Gasteiger partial charge is 0.328 e. The zero-order valence-electron chi connectivity index (χ0n) is 11.1. The second-order valence-electron chi connectivity index (χ2n) is 4.45. The Balaban J connectivity index is 2.64. The second kappa shape index (κ2) is 7.25. The lowest BCUT2D eigenvalue weighted by molar-refractivity contribution is -0.141. The second-order valence-corrected chi connectivity index (χ2v) is 5.37. The van der Waals surface area contributed by atoms with Crippen molar-refractivity contribution >= 4 is 27.9 Å². The molecule has 0 spiro atoms. The number of carbonyl (C=O) groups excluding carboxylic acids is 1. The van der Waals surface area contributed by atoms with E-state index >= 15 is 0 Å². The molecule has 6 nitrogen and oxygen atoms in total. The van der Waals surface area contributed by atoms with Crippen LogP contribution in [-0.4, -0.2) is 34.4 Å². The first kappa shape index (κ1) is 16.5. The molecule has 1 rings (SSSR count). The maximum Gasteiger partial charge on any atom is 0.328 e. The molecule has 0 aliphatic heterocycles. The fourth-order valence-electron chi connectivity index (χ4n) is 1.63. The standard InChI is InChI=1S/C13H17BrN2O4/c1-7(9-4-3-5-10(14)6-9)15-13(20)16-11(8(2)17)12(18)19/h3-8,11,17H,1-2H3,(H,18,19)(H2,15,16,20). The molecule has 0 radical (unpaired) electrons. The fourth-order valence-corrected chi connectivity index (χ4v) is 2.04. The van der Waals surface area contributed by atoms with Crippen molar-refractivity contribution in [3.05, 3.63) is 34.3 Å². The first-order valence-electron chi connectivity index (χ1n) is 6.04. The van der Waals surface area contributed by atoms with Crippen molar-refractivity contribution < 1.29 is 19.8 Å². The van der Waals surface area contributed by atoms with E-state index in [9.17, 15) is 14.7 Å². The zero-order chi connectivity index (χ0) is 15.3. The Morgan fingerprint density at radius 1 is 1.25 bits per heavy atom. The molecule has 0 fully saturated rings. The highest BCUT2D eigenvalue weighted by Gasteiger charge is 2.25. The number of aliphatic hydroxyl groups excluding tert-OH is 1. The molecule has 0 aromatic heterocycles. The van der Waals surface area contributed by atoms with Gasteiger partial charge in [0.1, 0.15) is 0 Å². The number of carbonyl (C=O) groups is 2. The van der Waals surface area contributed by atoms with Crippen molar-refractivity contribution in [2.24, 2.45) is 0 Å². The summed E-state index contributed by atoms with van der Waals surface area (Å²) < 4.78 is 0.886. The first-order chi connectivity index (χ1) is 9.31. The normalized spacial score (nSPS) is 15.0. The minimum Gasteiger partial charge on any atom is -0.480 e. The summed E-state index contributed by atoms with van der Waals surface area (Å²) in [6.45, 7) is 3.08. The molecule has 0 heterocycles. The molecule has 2 amide bonds. The molecular weight excluding hydrogens is 328 g/mol. The van der Waals surface area contributed by atoms with E-state index in [4.69, 9.17) is 5.11 Å². The molecule has 0 saturated carbocycles. The van der Waals surface area contributed by atoms with Crippen LogP contribution in [0.4, 0.5) is 4.79 Å². The summed E-state index contributed by atoms with van der Waals surface area (Å²) in [7, 11) is 0. The van der Waals surface area contributed by atoms with Gasteiger partial charge < -0.3 is 20.8 Å². The van der Waals surface area contributed by atoms with Gasteiger partial charge in [-0.1, -0.05) is 28.1 Å². The molecule has 1 aromatic rings. The van der Waals surface area contributed by atoms with Crippen molar-refractivity contribution in [1.82, 2.24) is 10.6 Å². The van der Waals surface area contributed by atoms with Gasteiger partial charge in [0.2, 0.25) is 0 Å². The summed E-state index contributed by atoms with van der Waals surface area (Å²) in [6.07, 6.45) is -1.18. The number of amides is 2. The summed E-state index contributed by atoms with van der Waals surface area (Å²) in [5.41, 5.74) is 0.874. The van der Waals surface area contributed by atoms with Crippen molar-refractivity contribution in [2.45, 2.75) is 32.0 Å². The molecule has 7 heteroatoms. The molecule has 1 aromatic carbocycles. The van der Waals surface area contributed by atoms with Crippen LogP contribution >= 0.6 is 15.9 Å². The predicted molar refractivity (Wildman–Crippen MR) is 77.3 cm³/mol. The summed E-state index contributed by atoms with van der Waals surface area (Å²) in [5.74, 6) is -1.29. The molecular formula is C13H17BrN2O4. The fraction of sp³-hybridized carbons (Fsp3) is 0.385. The Morgan fingerprint density at radius 3 is 2.40 bits per heavy atom. The maximum atomic E-state index is 11.7. The van der Waals surface area contributed by atoms with E-state index in [1.807, 2.05) is 24.3 Å². The molecule has 0 aliphatic carbocycles. The van der Waals surface area contributed by atoms with Crippen molar-refractivity contribution in [2.75, 3.05) is 0 Å². The summed E-state index contributed by atoms with van der Waals surface area (Å²) >= 11 is 3.34. The predicted octanol–water partition coefficient (Wildman–Crippen LogP) is 1.64. The van der Waals surface area contributed by atoms with Gasteiger partial charge >= 0.3 is 12.0 Å². The topological polar surface area (TPSA) is 98.7 Å². The lowest BCUT2D eigenvalue weighted by atomic mass is 10.1. The number of aliphatic hydroxyl groups is 1. The van der Waals surface area contributed by atoms with Crippen LogP contribution in [0.1, 0.15) is 25.5 Å². The SMILES string of the molecule is CC(NC(=O)NC(C(=O)O)C(C)O)c1cccc(Br)c1. The van der Waals surface area contributed by atoms with Gasteiger partial charge in [0.05, 0.1) is 12.1 Å². The molecule has 0 bridgehead atoms. The molecule has 110 valence electrons. The monoisotopic (exact) mass is 344 g/mol. The lowest BCUT2D eigenvalue weighted by Crippen LogP contribution is -2.51. The van der Waals surface area contributed by atoms with E-state index in [1.54, 1.807) is 6.92 Å². The van der Waals surface area contributed by atoms with Gasteiger partial charge in [-0.15, -0.1) is 0 Å². The van der Waals surface area contributed by atoms with Crippen LogP contribution in [0.2, 0.25) is 0 Å². The third-order valence-corrected chi connectivity index (χ3v) is 3.22. The summed E-state index contributed by atoms with van der Waals surface area (Å²) in [4.78, 5) is 22.6. The van der Waals surface area contributed by atoms with Crippen LogP contribution in [0.3, 0.4) is 0 Å². The average molecular weight is 345 g/mol. The number of carboxylic acid groups (broad SMARTS) is 1. The molecule has 4 N–H and O–H groups in total. The van der Waals surface area contributed by atoms with Gasteiger partial charge in [-0.2, -0.15) is 0 Å². The molecule has 0 saturated heterocycles. The number of rotatable bonds is 5. The quantitative estimate of drug-likeness (QED) is 0.652. The minimum atomic E-state index is -1.34. The van der Waals surface area contributed by atoms with Gasteiger partial charge in [-0.05, 0) is 31.5 Å². The molecule has 20 heavy (non-hydrogen) atoms. The highest BCUT2D eigenvalue weighted by molar-refractivity contribution is 9.10. The number of halogens is 1. The van der Waals surface area contributed by atoms with Crippen LogP contribution in [0.5, 0.6) is 0 Å². The Kier molecular flexibility index (Phi) is 5.97. The van der Waals surface area contributed by atoms with Gasteiger partial charge in [0.15, 0.2) is 6.04 Å². The minimum absolute atomic E-state index is 0.295. The summed E-state index contributed by atoms with van der Waals surface area (Å²) in [5, 5.41) is 23.0. The lowest BCUT2D eigenvalue weighted by Gasteiger charge is -2.20. The largest absolute Gasteiger partial charge is 0.480 e.